The lowest BCUT2D eigenvalue weighted by Gasteiger charge is -2.14. The number of carbonyl (C=O) groups is 2. The molecule has 14 heteroatoms. The number of anilines is 4. The third-order valence-electron chi connectivity index (χ3n) is 8.03. The van der Waals surface area contributed by atoms with E-state index in [-0.39, 0.29) is 11.8 Å². The number of nitrogen functional groups attached to an aromatic ring is 2. The van der Waals surface area contributed by atoms with E-state index >= 15 is 0 Å². The minimum Gasteiger partial charge on any atom is -0.396 e. The first kappa shape index (κ1) is 25.3. The highest BCUT2D eigenvalue weighted by Gasteiger charge is 2.39. The van der Waals surface area contributed by atoms with Crippen LogP contribution in [0, 0.1) is 0 Å². The number of benzene rings is 2. The van der Waals surface area contributed by atoms with Crippen molar-refractivity contribution < 1.29 is 9.59 Å². The standard InChI is InChI=1S/2C14H14N6O/c2*1-14(2)6-3-9-10(4-8(6)19-13(14)21)18-12(17-9)11-7(15)5-16-20-11/h2*3-5H,15H2,1-2H3,(H,16,20)(H,17,18)(H,19,21). The van der Waals surface area contributed by atoms with Crippen LogP contribution in [0.15, 0.2) is 36.7 Å². The number of H-pyrrole nitrogens is 4. The molecular formula is C28H28N12O2. The van der Waals surface area contributed by atoms with Crippen LogP contribution in [0.3, 0.4) is 0 Å². The number of aromatic nitrogens is 8. The molecule has 6 aromatic rings. The van der Waals surface area contributed by atoms with Gasteiger partial charge in [-0.15, -0.1) is 0 Å². The normalized spacial score (nSPS) is 16.2. The zero-order valence-corrected chi connectivity index (χ0v) is 23.2. The van der Waals surface area contributed by atoms with E-state index in [1.54, 1.807) is 12.4 Å². The van der Waals surface area contributed by atoms with Gasteiger partial charge in [-0.25, -0.2) is 9.97 Å². The molecule has 6 heterocycles. The molecule has 14 nitrogen and oxygen atoms in total. The van der Waals surface area contributed by atoms with Crippen molar-refractivity contribution in [3.8, 4) is 23.0 Å². The summed E-state index contributed by atoms with van der Waals surface area (Å²) in [5.74, 6) is 1.27. The quantitative estimate of drug-likeness (QED) is 0.155. The van der Waals surface area contributed by atoms with Gasteiger partial charge in [0.05, 0.1) is 56.7 Å². The lowest BCUT2D eigenvalue weighted by molar-refractivity contribution is -0.120. The maximum Gasteiger partial charge on any atom is 0.234 e. The van der Waals surface area contributed by atoms with E-state index in [0.29, 0.717) is 34.4 Å². The molecule has 2 aliphatic rings. The fourth-order valence-electron chi connectivity index (χ4n) is 5.36. The maximum absolute atomic E-state index is 12.0. The Hall–Kier alpha value is -5.66. The predicted molar refractivity (Wildman–Crippen MR) is 159 cm³/mol. The molecule has 0 atom stereocenters. The van der Waals surface area contributed by atoms with Gasteiger partial charge in [-0.2, -0.15) is 10.2 Å². The first-order valence-electron chi connectivity index (χ1n) is 13.2. The van der Waals surface area contributed by atoms with E-state index in [2.05, 4.69) is 51.0 Å². The monoisotopic (exact) mass is 564 g/mol. The van der Waals surface area contributed by atoms with E-state index in [4.69, 9.17) is 11.5 Å². The molecule has 0 saturated heterocycles. The highest BCUT2D eigenvalue weighted by Crippen LogP contribution is 2.41. The van der Waals surface area contributed by atoms with Crippen molar-refractivity contribution >= 4 is 56.6 Å². The largest absolute Gasteiger partial charge is 0.396 e. The summed E-state index contributed by atoms with van der Waals surface area (Å²) < 4.78 is 0. The molecule has 212 valence electrons. The van der Waals surface area contributed by atoms with Crippen LogP contribution in [-0.2, 0) is 20.4 Å². The Morgan fingerprint density at radius 3 is 1.40 bits per heavy atom. The Bertz CT molecular complexity index is 1920. The van der Waals surface area contributed by atoms with Crippen molar-refractivity contribution in [1.29, 1.82) is 0 Å². The molecule has 2 aliphatic heterocycles. The summed E-state index contributed by atoms with van der Waals surface area (Å²) in [5.41, 5.74) is 19.8. The average molecular weight is 565 g/mol. The van der Waals surface area contributed by atoms with Gasteiger partial charge in [0.25, 0.3) is 0 Å². The van der Waals surface area contributed by atoms with Crippen LogP contribution in [0.2, 0.25) is 0 Å². The summed E-state index contributed by atoms with van der Waals surface area (Å²) in [4.78, 5) is 39.4. The number of hydrogen-bond donors (Lipinski definition) is 8. The molecule has 0 spiro atoms. The third kappa shape index (κ3) is 3.64. The second-order valence-electron chi connectivity index (χ2n) is 11.6. The summed E-state index contributed by atoms with van der Waals surface area (Å²) in [6.07, 6.45) is 3.09. The molecule has 2 aromatic carbocycles. The lowest BCUT2D eigenvalue weighted by Crippen LogP contribution is -2.26. The molecule has 0 aliphatic carbocycles. The van der Waals surface area contributed by atoms with Gasteiger partial charge < -0.3 is 32.1 Å². The number of aromatic amines is 4. The van der Waals surface area contributed by atoms with Crippen LogP contribution in [0.4, 0.5) is 22.7 Å². The van der Waals surface area contributed by atoms with Crippen molar-refractivity contribution in [2.75, 3.05) is 22.1 Å². The van der Waals surface area contributed by atoms with Gasteiger partial charge in [0, 0.05) is 11.4 Å². The molecule has 4 aromatic heterocycles. The zero-order valence-electron chi connectivity index (χ0n) is 23.2. The van der Waals surface area contributed by atoms with Crippen molar-refractivity contribution in [3.05, 3.63) is 47.8 Å². The van der Waals surface area contributed by atoms with Crippen molar-refractivity contribution in [3.63, 3.8) is 0 Å². The Labute approximate surface area is 238 Å². The van der Waals surface area contributed by atoms with E-state index < -0.39 is 10.8 Å². The number of nitrogens with two attached hydrogens (primary N) is 2. The van der Waals surface area contributed by atoms with Crippen LogP contribution >= 0.6 is 0 Å². The van der Waals surface area contributed by atoms with Crippen LogP contribution in [0.25, 0.3) is 45.1 Å². The van der Waals surface area contributed by atoms with Crippen molar-refractivity contribution in [2.45, 2.75) is 38.5 Å². The van der Waals surface area contributed by atoms with Gasteiger partial charge in [0.1, 0.15) is 11.4 Å². The van der Waals surface area contributed by atoms with Crippen LogP contribution in [0.1, 0.15) is 38.8 Å². The molecule has 0 unspecified atom stereocenters. The first-order valence-corrected chi connectivity index (χ1v) is 13.2. The van der Waals surface area contributed by atoms with E-state index in [1.165, 1.54) is 0 Å². The number of carbonyl (C=O) groups excluding carboxylic acids is 2. The fraction of sp³-hybridized carbons (Fsp3) is 0.214. The van der Waals surface area contributed by atoms with Crippen molar-refractivity contribution in [1.82, 2.24) is 40.3 Å². The number of nitrogens with one attached hydrogen (secondary N) is 6. The number of amides is 2. The molecule has 10 N–H and O–H groups in total. The minimum atomic E-state index is -0.540. The van der Waals surface area contributed by atoms with Gasteiger partial charge in [-0.05, 0) is 63.1 Å². The average Bonchev–Trinajstić information content (AvgIpc) is 3.76. The first-order chi connectivity index (χ1) is 19.9. The summed E-state index contributed by atoms with van der Waals surface area (Å²) in [5, 5.41) is 19.2. The number of fused-ring (bicyclic) bond motifs is 4. The summed E-state index contributed by atoms with van der Waals surface area (Å²) in [6.45, 7) is 7.63. The van der Waals surface area contributed by atoms with Gasteiger partial charge in [0.2, 0.25) is 11.8 Å². The van der Waals surface area contributed by atoms with Crippen LogP contribution in [0.5, 0.6) is 0 Å². The second-order valence-corrected chi connectivity index (χ2v) is 11.6. The number of nitrogens with zero attached hydrogens (tertiary/aromatic N) is 4. The number of rotatable bonds is 2. The van der Waals surface area contributed by atoms with E-state index in [0.717, 1.165) is 44.6 Å². The lowest BCUT2D eigenvalue weighted by atomic mass is 9.86. The molecule has 0 bridgehead atoms. The Morgan fingerprint density at radius 1 is 0.643 bits per heavy atom. The molecule has 8 rings (SSSR count). The number of hydrogen-bond acceptors (Lipinski definition) is 8. The topological polar surface area (TPSA) is 225 Å². The summed E-state index contributed by atoms with van der Waals surface area (Å²) in [6, 6.07) is 7.69. The van der Waals surface area contributed by atoms with E-state index in [1.807, 2.05) is 52.0 Å². The maximum atomic E-state index is 12.0. The SMILES string of the molecule is CC1(C)C(=O)Nc2cc3nc(-c4[nH]ncc4N)[nH]c3cc21.CC1(C)C(=O)Nc2cc3nc(-c4[nH]ncc4N)[nH]c3cc21. The molecule has 0 radical (unpaired) electrons. The second kappa shape index (κ2) is 8.42. The van der Waals surface area contributed by atoms with E-state index in [9.17, 15) is 9.59 Å². The molecule has 2 amide bonds. The molecule has 0 fully saturated rings. The zero-order chi connectivity index (χ0) is 29.6. The minimum absolute atomic E-state index is 0.00295. The van der Waals surface area contributed by atoms with Gasteiger partial charge in [-0.3, -0.25) is 19.8 Å². The van der Waals surface area contributed by atoms with Crippen LogP contribution < -0.4 is 22.1 Å². The highest BCUT2D eigenvalue weighted by atomic mass is 16.2. The number of imidazole rings is 2. The van der Waals surface area contributed by atoms with Crippen molar-refractivity contribution in [2.24, 2.45) is 0 Å². The van der Waals surface area contributed by atoms with Crippen LogP contribution in [-0.4, -0.2) is 52.1 Å². The smallest absolute Gasteiger partial charge is 0.234 e. The predicted octanol–water partition coefficient (Wildman–Crippen LogP) is 3.53. The summed E-state index contributed by atoms with van der Waals surface area (Å²) >= 11 is 0. The molecule has 0 saturated carbocycles. The fourth-order valence-corrected chi connectivity index (χ4v) is 5.36. The van der Waals surface area contributed by atoms with Gasteiger partial charge >= 0.3 is 0 Å². The Morgan fingerprint density at radius 2 is 1.05 bits per heavy atom. The highest BCUT2D eigenvalue weighted by molar-refractivity contribution is 6.08. The Kier molecular flexibility index (Phi) is 5.08. The summed E-state index contributed by atoms with van der Waals surface area (Å²) in [7, 11) is 0. The van der Waals surface area contributed by atoms with Gasteiger partial charge in [-0.1, -0.05) is 0 Å². The molecular weight excluding hydrogens is 536 g/mol. The van der Waals surface area contributed by atoms with Gasteiger partial charge in [0.15, 0.2) is 11.6 Å². The Balaban J connectivity index is 0.000000137. The molecule has 42 heavy (non-hydrogen) atoms. The third-order valence-corrected chi connectivity index (χ3v) is 8.03.